The van der Waals surface area contributed by atoms with Gasteiger partial charge in [0.25, 0.3) is 0 Å². The van der Waals surface area contributed by atoms with Crippen molar-refractivity contribution in [1.82, 2.24) is 15.2 Å². The third kappa shape index (κ3) is 8.29. The number of hydrogen-bond acceptors (Lipinski definition) is 8. The van der Waals surface area contributed by atoms with E-state index in [1.54, 1.807) is 75.4 Å². The van der Waals surface area contributed by atoms with Crippen molar-refractivity contribution in [2.75, 3.05) is 12.3 Å². The second-order valence-electron chi connectivity index (χ2n) is 10.0. The van der Waals surface area contributed by atoms with Crippen LogP contribution in [0, 0.1) is 0 Å². The van der Waals surface area contributed by atoms with E-state index in [-0.39, 0.29) is 18.2 Å². The number of sulfone groups is 1. The van der Waals surface area contributed by atoms with Gasteiger partial charge in [-0.2, -0.15) is 0 Å². The zero-order valence-corrected chi connectivity index (χ0v) is 22.9. The number of rotatable bonds is 11. The number of ether oxygens (including phenoxy) is 1. The average molecular weight is 546 g/mol. The van der Waals surface area contributed by atoms with Crippen molar-refractivity contribution in [1.29, 1.82) is 0 Å². The fourth-order valence-electron chi connectivity index (χ4n) is 3.78. The van der Waals surface area contributed by atoms with E-state index in [1.165, 1.54) is 0 Å². The number of fused-ring (bicyclic) bond motifs is 1. The van der Waals surface area contributed by atoms with Crippen molar-refractivity contribution < 1.29 is 32.3 Å². The molecule has 2 aromatic carbocycles. The molecule has 0 saturated carbocycles. The number of nitrogens with zero attached hydrogens (tertiary/aromatic N) is 2. The Morgan fingerprint density at radius 3 is 2.39 bits per heavy atom. The van der Waals surface area contributed by atoms with Gasteiger partial charge in [-0.05, 0) is 44.9 Å². The van der Waals surface area contributed by atoms with Crippen LogP contribution < -0.4 is 5.32 Å². The summed E-state index contributed by atoms with van der Waals surface area (Å²) < 4.78 is 37.2. The van der Waals surface area contributed by atoms with Crippen molar-refractivity contribution in [3.63, 3.8) is 0 Å². The lowest BCUT2D eigenvalue weighted by Gasteiger charge is -2.30. The molecule has 0 saturated heterocycles. The number of unbranched alkanes of at least 4 members (excludes halogenated alkanes) is 1. The van der Waals surface area contributed by atoms with Gasteiger partial charge in [-0.15, -0.1) is 0 Å². The Hall–Kier alpha value is -3.44. The molecule has 0 unspecified atom stereocenters. The minimum Gasteiger partial charge on any atom is -0.444 e. The van der Waals surface area contributed by atoms with E-state index in [4.69, 9.17) is 9.15 Å². The summed E-state index contributed by atoms with van der Waals surface area (Å²) in [7, 11) is -3.87. The van der Waals surface area contributed by atoms with Crippen LogP contribution in [0.4, 0.5) is 4.79 Å². The van der Waals surface area contributed by atoms with Crippen molar-refractivity contribution in [2.24, 2.45) is 0 Å². The van der Waals surface area contributed by atoms with Crippen molar-refractivity contribution in [3.8, 4) is 0 Å². The van der Waals surface area contributed by atoms with E-state index in [0.29, 0.717) is 29.5 Å². The highest BCUT2D eigenvalue weighted by molar-refractivity contribution is 7.90. The molecule has 2 atom stereocenters. The molecular formula is C27H35N3O7S. The minimum atomic E-state index is -3.87. The predicted octanol–water partition coefficient (Wildman–Crippen LogP) is 3.96. The van der Waals surface area contributed by atoms with E-state index in [2.05, 4.69) is 10.3 Å². The van der Waals surface area contributed by atoms with Gasteiger partial charge < -0.3 is 24.5 Å². The summed E-state index contributed by atoms with van der Waals surface area (Å²) in [5.41, 5.74) is 0.599. The molecule has 38 heavy (non-hydrogen) atoms. The molecule has 0 aliphatic carbocycles. The second-order valence-corrected chi connectivity index (χ2v) is 12.1. The number of hydrogen-bond donors (Lipinski definition) is 2. The van der Waals surface area contributed by atoms with Crippen molar-refractivity contribution in [3.05, 3.63) is 66.1 Å². The number of nitrogens with one attached hydrogen (secondary N) is 1. The first kappa shape index (κ1) is 29.1. The Morgan fingerprint density at radius 2 is 1.76 bits per heavy atom. The monoisotopic (exact) mass is 545 g/mol. The summed E-state index contributed by atoms with van der Waals surface area (Å²) >= 11 is 0. The molecule has 1 heterocycles. The number of oxazole rings is 1. The number of carbonyl (C=O) groups is 2. The highest BCUT2D eigenvalue weighted by Gasteiger charge is 2.36. The van der Waals surface area contributed by atoms with Gasteiger partial charge in [-0.3, -0.25) is 4.79 Å². The van der Waals surface area contributed by atoms with E-state index >= 15 is 0 Å². The third-order valence-electron chi connectivity index (χ3n) is 5.50. The maximum Gasteiger partial charge on any atom is 0.408 e. The van der Waals surface area contributed by atoms with Crippen LogP contribution in [0.3, 0.4) is 0 Å². The molecule has 0 spiro atoms. The Balaban J connectivity index is 1.92. The van der Waals surface area contributed by atoms with Gasteiger partial charge in [0.05, 0.1) is 11.5 Å². The van der Waals surface area contributed by atoms with Crippen LogP contribution in [0.15, 0.2) is 59.0 Å². The molecule has 11 heteroatoms. The summed E-state index contributed by atoms with van der Waals surface area (Å²) in [6.45, 7) is 6.95. The van der Waals surface area contributed by atoms with Gasteiger partial charge in [0, 0.05) is 6.54 Å². The number of benzene rings is 2. The molecule has 10 nitrogen and oxygen atoms in total. The predicted molar refractivity (Wildman–Crippen MR) is 143 cm³/mol. The fourth-order valence-corrected chi connectivity index (χ4v) is 5.33. The quantitative estimate of drug-likeness (QED) is 0.345. The Labute approximate surface area is 222 Å². The molecule has 0 aliphatic heterocycles. The number of alkyl carbamates (subject to hydrolysis) is 1. The standard InChI is InChI=1S/C27H35N3O7S/c1-5-6-16-30(25(32)23-28-20-14-10-11-15-22(20)36-23)24(31)21(29-26(33)37-27(2,3)4)18-38(34,35)17-19-12-8-7-9-13-19/h7-15,21,25,32H,5-6,16-18H2,1-4H3,(H,29,33)/t21-,25-/m0/s1. The first-order chi connectivity index (χ1) is 17.9. The van der Waals surface area contributed by atoms with Gasteiger partial charge in [0.15, 0.2) is 15.4 Å². The Kier molecular flexibility index (Phi) is 9.50. The van der Waals surface area contributed by atoms with Gasteiger partial charge >= 0.3 is 6.09 Å². The number of aliphatic hydroxyl groups is 1. The van der Waals surface area contributed by atoms with Crippen LogP contribution >= 0.6 is 0 Å². The molecule has 3 aromatic rings. The first-order valence-electron chi connectivity index (χ1n) is 12.5. The zero-order chi connectivity index (χ0) is 27.9. The van der Waals surface area contributed by atoms with Crippen LogP contribution in [0.5, 0.6) is 0 Å². The van der Waals surface area contributed by atoms with Gasteiger partial charge in [0.2, 0.25) is 18.0 Å². The summed E-state index contributed by atoms with van der Waals surface area (Å²) in [5.74, 6) is -1.92. The van der Waals surface area contributed by atoms with E-state index in [1.807, 2.05) is 6.92 Å². The van der Waals surface area contributed by atoms with Crippen LogP contribution in [0.2, 0.25) is 0 Å². The Morgan fingerprint density at radius 1 is 1.11 bits per heavy atom. The fraction of sp³-hybridized carbons (Fsp3) is 0.444. The topological polar surface area (TPSA) is 139 Å². The third-order valence-corrected chi connectivity index (χ3v) is 7.12. The molecule has 0 bridgehead atoms. The largest absolute Gasteiger partial charge is 0.444 e. The number of para-hydroxylation sites is 2. The van der Waals surface area contributed by atoms with Gasteiger partial charge in [-0.25, -0.2) is 18.2 Å². The molecule has 3 rings (SSSR count). The summed E-state index contributed by atoms with van der Waals surface area (Å²) in [5, 5.41) is 13.5. The number of amides is 2. The van der Waals surface area contributed by atoms with Gasteiger partial charge in [-0.1, -0.05) is 55.8 Å². The van der Waals surface area contributed by atoms with Crippen LogP contribution in [0.25, 0.3) is 11.1 Å². The molecule has 0 radical (unpaired) electrons. The van der Waals surface area contributed by atoms with E-state index < -0.39 is 45.5 Å². The van der Waals surface area contributed by atoms with E-state index in [0.717, 1.165) is 4.90 Å². The minimum absolute atomic E-state index is 0.0838. The molecule has 2 amide bonds. The normalized spacial score (nSPS) is 13.6. The highest BCUT2D eigenvalue weighted by Crippen LogP contribution is 2.24. The lowest BCUT2D eigenvalue weighted by molar-refractivity contribution is -0.145. The summed E-state index contributed by atoms with van der Waals surface area (Å²) in [6.07, 6.45) is -1.33. The number of carbonyl (C=O) groups excluding carboxylic acids is 2. The smallest absolute Gasteiger partial charge is 0.408 e. The average Bonchev–Trinajstić information content (AvgIpc) is 3.27. The molecule has 1 aromatic heterocycles. The van der Waals surface area contributed by atoms with Crippen LogP contribution in [0.1, 0.15) is 58.2 Å². The number of aliphatic hydroxyl groups excluding tert-OH is 1. The zero-order valence-electron chi connectivity index (χ0n) is 22.1. The lowest BCUT2D eigenvalue weighted by atomic mass is 10.2. The molecular weight excluding hydrogens is 510 g/mol. The first-order valence-corrected chi connectivity index (χ1v) is 14.3. The number of aromatic nitrogens is 1. The molecule has 0 aliphatic rings. The maximum atomic E-state index is 13.8. The van der Waals surface area contributed by atoms with Crippen LogP contribution in [-0.2, 0) is 25.1 Å². The highest BCUT2D eigenvalue weighted by atomic mass is 32.2. The van der Waals surface area contributed by atoms with Gasteiger partial charge in [0.1, 0.15) is 17.2 Å². The van der Waals surface area contributed by atoms with E-state index in [9.17, 15) is 23.1 Å². The molecule has 2 N–H and O–H groups in total. The summed E-state index contributed by atoms with van der Waals surface area (Å²) in [4.78, 5) is 31.8. The molecule has 0 fully saturated rings. The van der Waals surface area contributed by atoms with Crippen LogP contribution in [-0.4, -0.2) is 59.3 Å². The lowest BCUT2D eigenvalue weighted by Crippen LogP contribution is -2.53. The molecule has 206 valence electrons. The SMILES string of the molecule is CCCCN(C(=O)[C@H](CS(=O)(=O)Cc1ccccc1)NC(=O)OC(C)(C)C)[C@@H](O)c1nc2ccccc2o1. The van der Waals surface area contributed by atoms with Crippen molar-refractivity contribution in [2.45, 2.75) is 64.2 Å². The van der Waals surface area contributed by atoms with Crippen molar-refractivity contribution >= 4 is 32.9 Å². The second kappa shape index (κ2) is 12.4. The summed E-state index contributed by atoms with van der Waals surface area (Å²) in [6, 6.07) is 13.9. The Bertz CT molecular complexity index is 1300. The maximum absolute atomic E-state index is 13.8.